The highest BCUT2D eigenvalue weighted by atomic mass is 16.3. The lowest BCUT2D eigenvalue weighted by atomic mass is 9.87. The van der Waals surface area contributed by atoms with Crippen molar-refractivity contribution in [3.63, 3.8) is 0 Å². The Morgan fingerprint density at radius 3 is 1.67 bits per heavy atom. The van der Waals surface area contributed by atoms with Gasteiger partial charge in [0.25, 0.3) is 0 Å². The van der Waals surface area contributed by atoms with Gasteiger partial charge in [0, 0.05) is 0 Å². The van der Waals surface area contributed by atoms with E-state index in [1.807, 2.05) is 12.1 Å². The van der Waals surface area contributed by atoms with E-state index in [9.17, 15) is 5.11 Å². The number of benzene rings is 1. The van der Waals surface area contributed by atoms with Crippen molar-refractivity contribution < 1.29 is 5.11 Å². The topological polar surface area (TPSA) is 20.2 Å². The van der Waals surface area contributed by atoms with E-state index in [2.05, 4.69) is 34.6 Å². The number of phenolic OH excluding ortho intramolecular Hbond substituents is 1. The summed E-state index contributed by atoms with van der Waals surface area (Å²) >= 11 is 0. The van der Waals surface area contributed by atoms with Crippen LogP contribution >= 0.6 is 0 Å². The van der Waals surface area contributed by atoms with E-state index in [-0.39, 0.29) is 0 Å². The third kappa shape index (κ3) is 2.53. The molecule has 0 heterocycles. The molecule has 0 bridgehead atoms. The maximum absolute atomic E-state index is 9.71. The molecule has 1 heteroatoms. The number of hydrogen-bond donors (Lipinski definition) is 1. The molecular formula is C14H22O. The third-order valence-electron chi connectivity index (χ3n) is 2.90. The van der Waals surface area contributed by atoms with E-state index in [1.54, 1.807) is 0 Å². The Kier molecular flexibility index (Phi) is 3.78. The minimum Gasteiger partial charge on any atom is -0.508 e. The fourth-order valence-corrected chi connectivity index (χ4v) is 2.14. The van der Waals surface area contributed by atoms with Crippen LogP contribution in [0.5, 0.6) is 5.75 Å². The van der Waals surface area contributed by atoms with Crippen LogP contribution in [0.15, 0.2) is 12.1 Å². The predicted octanol–water partition coefficient (Wildman–Crippen LogP) is 4.20. The summed E-state index contributed by atoms with van der Waals surface area (Å²) in [4.78, 5) is 0. The molecule has 0 aromatic heterocycles. The van der Waals surface area contributed by atoms with Gasteiger partial charge in [0.15, 0.2) is 0 Å². The average molecular weight is 206 g/mol. The minimum atomic E-state index is 0.402. The molecule has 1 rings (SSSR count). The molecule has 0 aliphatic rings. The normalized spacial score (nSPS) is 11.4. The fraction of sp³-hybridized carbons (Fsp3) is 0.571. The quantitative estimate of drug-likeness (QED) is 0.785. The zero-order chi connectivity index (χ0) is 11.6. The lowest BCUT2D eigenvalue weighted by molar-refractivity contribution is 0.472. The van der Waals surface area contributed by atoms with Crippen molar-refractivity contribution in [1.29, 1.82) is 0 Å². The smallest absolute Gasteiger partial charge is 0.116 e. The molecule has 0 radical (unpaired) electrons. The highest BCUT2D eigenvalue weighted by Gasteiger charge is 2.13. The maximum atomic E-state index is 9.71. The molecule has 1 N–H and O–H groups in total. The summed E-state index contributed by atoms with van der Waals surface area (Å²) in [5.74, 6) is 1.36. The Morgan fingerprint density at radius 2 is 1.40 bits per heavy atom. The highest BCUT2D eigenvalue weighted by molar-refractivity contribution is 5.44. The van der Waals surface area contributed by atoms with Crippen molar-refractivity contribution in [1.82, 2.24) is 0 Å². The number of aromatic hydroxyl groups is 1. The number of hydrogen-bond acceptors (Lipinski definition) is 1. The van der Waals surface area contributed by atoms with Crippen molar-refractivity contribution >= 4 is 0 Å². The molecule has 1 nitrogen and oxygen atoms in total. The molecule has 84 valence electrons. The third-order valence-corrected chi connectivity index (χ3v) is 2.90. The Bertz CT molecular complexity index is 308. The summed E-state index contributed by atoms with van der Waals surface area (Å²) in [5.41, 5.74) is 4.00. The fourth-order valence-electron chi connectivity index (χ4n) is 2.14. The van der Waals surface area contributed by atoms with E-state index >= 15 is 0 Å². The van der Waals surface area contributed by atoms with Gasteiger partial charge in [-0.25, -0.2) is 0 Å². The second-order valence-electron chi connectivity index (χ2n) is 4.77. The maximum Gasteiger partial charge on any atom is 0.116 e. The number of phenols is 1. The molecule has 0 spiro atoms. The molecule has 0 fully saturated rings. The number of rotatable bonds is 3. The van der Waals surface area contributed by atoms with E-state index in [4.69, 9.17) is 0 Å². The van der Waals surface area contributed by atoms with Crippen molar-refractivity contribution in [2.45, 2.75) is 52.9 Å². The zero-order valence-electron chi connectivity index (χ0n) is 10.5. The van der Waals surface area contributed by atoms with Crippen LogP contribution in [-0.2, 0) is 6.42 Å². The van der Waals surface area contributed by atoms with Gasteiger partial charge >= 0.3 is 0 Å². The van der Waals surface area contributed by atoms with E-state index in [1.165, 1.54) is 16.7 Å². The van der Waals surface area contributed by atoms with Gasteiger partial charge < -0.3 is 5.11 Å². The van der Waals surface area contributed by atoms with E-state index < -0.39 is 0 Å². The van der Waals surface area contributed by atoms with Gasteiger partial charge in [0.2, 0.25) is 0 Å². The zero-order valence-corrected chi connectivity index (χ0v) is 10.5. The first-order valence-corrected chi connectivity index (χ1v) is 5.83. The summed E-state index contributed by atoms with van der Waals surface area (Å²) < 4.78 is 0. The summed E-state index contributed by atoms with van der Waals surface area (Å²) in [6.07, 6.45) is 1.04. The van der Waals surface area contributed by atoms with Crippen LogP contribution in [0.25, 0.3) is 0 Å². The van der Waals surface area contributed by atoms with Gasteiger partial charge in [-0.1, -0.05) is 34.6 Å². The Hall–Kier alpha value is -0.980. The Labute approximate surface area is 93.1 Å². The van der Waals surface area contributed by atoms with Crippen LogP contribution in [0.2, 0.25) is 0 Å². The summed E-state index contributed by atoms with van der Waals surface area (Å²) in [6, 6.07) is 3.82. The van der Waals surface area contributed by atoms with Gasteiger partial charge in [-0.3, -0.25) is 0 Å². The van der Waals surface area contributed by atoms with Gasteiger partial charge in [-0.05, 0) is 47.1 Å². The SMILES string of the molecule is CCc1c(C(C)C)cc(O)cc1C(C)C. The molecule has 0 aliphatic heterocycles. The molecule has 1 aromatic rings. The second-order valence-corrected chi connectivity index (χ2v) is 4.77. The van der Waals surface area contributed by atoms with Crippen LogP contribution in [0.3, 0.4) is 0 Å². The van der Waals surface area contributed by atoms with Crippen LogP contribution < -0.4 is 0 Å². The first-order chi connectivity index (χ1) is 6.97. The lowest BCUT2D eigenvalue weighted by Crippen LogP contribution is -2.02. The van der Waals surface area contributed by atoms with Crippen LogP contribution in [0.4, 0.5) is 0 Å². The minimum absolute atomic E-state index is 0.402. The van der Waals surface area contributed by atoms with Crippen LogP contribution in [0, 0.1) is 0 Å². The van der Waals surface area contributed by atoms with Crippen molar-refractivity contribution in [3.8, 4) is 5.75 Å². The van der Waals surface area contributed by atoms with Gasteiger partial charge in [-0.2, -0.15) is 0 Å². The lowest BCUT2D eigenvalue weighted by Gasteiger charge is -2.19. The van der Waals surface area contributed by atoms with Gasteiger partial charge in [-0.15, -0.1) is 0 Å². The molecule has 0 atom stereocenters. The van der Waals surface area contributed by atoms with Crippen molar-refractivity contribution in [3.05, 3.63) is 28.8 Å². The largest absolute Gasteiger partial charge is 0.508 e. The molecule has 0 amide bonds. The molecule has 1 aromatic carbocycles. The Balaban J connectivity index is 3.38. The molecule has 0 saturated heterocycles. The molecule has 15 heavy (non-hydrogen) atoms. The summed E-state index contributed by atoms with van der Waals surface area (Å²) in [6.45, 7) is 10.9. The first kappa shape index (κ1) is 12.1. The van der Waals surface area contributed by atoms with Crippen LogP contribution in [-0.4, -0.2) is 5.11 Å². The predicted molar refractivity (Wildman–Crippen MR) is 65.7 cm³/mol. The first-order valence-electron chi connectivity index (χ1n) is 5.83. The molecular weight excluding hydrogens is 184 g/mol. The van der Waals surface area contributed by atoms with Gasteiger partial charge in [0.1, 0.15) is 5.75 Å². The molecule has 0 unspecified atom stereocenters. The molecule has 0 saturated carbocycles. The summed E-state index contributed by atoms with van der Waals surface area (Å²) in [7, 11) is 0. The van der Waals surface area contributed by atoms with Crippen molar-refractivity contribution in [2.75, 3.05) is 0 Å². The average Bonchev–Trinajstić information content (AvgIpc) is 2.16. The van der Waals surface area contributed by atoms with Crippen LogP contribution in [0.1, 0.15) is 63.1 Å². The van der Waals surface area contributed by atoms with Crippen molar-refractivity contribution in [2.24, 2.45) is 0 Å². The second kappa shape index (κ2) is 4.69. The van der Waals surface area contributed by atoms with E-state index in [0.717, 1.165) is 6.42 Å². The standard InChI is InChI=1S/C14H22O/c1-6-12-13(9(2)3)7-11(15)8-14(12)10(4)5/h7-10,15H,6H2,1-5H3. The highest BCUT2D eigenvalue weighted by Crippen LogP contribution is 2.32. The van der Waals surface area contributed by atoms with Gasteiger partial charge in [0.05, 0.1) is 0 Å². The Morgan fingerprint density at radius 1 is 1.00 bits per heavy atom. The monoisotopic (exact) mass is 206 g/mol. The summed E-state index contributed by atoms with van der Waals surface area (Å²) in [5, 5.41) is 9.71. The molecule has 0 aliphatic carbocycles. The van der Waals surface area contributed by atoms with E-state index in [0.29, 0.717) is 17.6 Å².